The molecule has 7 nitrogen and oxygen atoms in total. The van der Waals surface area contributed by atoms with Crippen LogP contribution in [0.4, 0.5) is 5.69 Å². The van der Waals surface area contributed by atoms with Crippen molar-refractivity contribution in [2.75, 3.05) is 18.0 Å². The third-order valence-electron chi connectivity index (χ3n) is 4.18. The average molecular weight is 352 g/mol. The number of rotatable bonds is 6. The summed E-state index contributed by atoms with van der Waals surface area (Å²) in [6.07, 6.45) is 1.80. The lowest BCUT2D eigenvalue weighted by Gasteiger charge is -2.16. The van der Waals surface area contributed by atoms with Crippen LogP contribution in [0.2, 0.25) is 0 Å². The molecule has 7 heteroatoms. The van der Waals surface area contributed by atoms with E-state index in [1.54, 1.807) is 23.2 Å². The molecule has 0 spiro atoms. The van der Waals surface area contributed by atoms with E-state index in [1.165, 1.54) is 0 Å². The van der Waals surface area contributed by atoms with E-state index in [1.807, 2.05) is 36.4 Å². The first kappa shape index (κ1) is 17.6. The molecule has 1 aromatic heterocycles. The number of hydrogen-bond donors (Lipinski definition) is 2. The molecule has 1 unspecified atom stereocenters. The molecule has 0 aliphatic carbocycles. The van der Waals surface area contributed by atoms with Gasteiger partial charge in [0, 0.05) is 24.8 Å². The fraction of sp³-hybridized carbons (Fsp3) is 0.263. The quantitative estimate of drug-likeness (QED) is 0.807. The van der Waals surface area contributed by atoms with Crippen LogP contribution >= 0.6 is 0 Å². The summed E-state index contributed by atoms with van der Waals surface area (Å²) in [6, 6.07) is 14.7. The maximum atomic E-state index is 12.3. The van der Waals surface area contributed by atoms with Crippen LogP contribution in [0, 0.1) is 5.92 Å². The molecule has 0 bridgehead atoms. The molecule has 1 fully saturated rings. The molecule has 0 radical (unpaired) electrons. The number of nitrogens with zero attached hydrogens (tertiary/aromatic N) is 2. The van der Waals surface area contributed by atoms with Gasteiger partial charge in [0.15, 0.2) is 0 Å². The van der Waals surface area contributed by atoms with Crippen LogP contribution in [0.25, 0.3) is 0 Å². The minimum Gasteiger partial charge on any atom is -0.349 e. The molecular weight excluding hydrogens is 332 g/mol. The van der Waals surface area contributed by atoms with E-state index >= 15 is 0 Å². The highest BCUT2D eigenvalue weighted by molar-refractivity contribution is 6.00. The van der Waals surface area contributed by atoms with E-state index in [4.69, 9.17) is 0 Å². The Morgan fingerprint density at radius 3 is 2.58 bits per heavy atom. The lowest BCUT2D eigenvalue weighted by molar-refractivity contribution is -0.129. The van der Waals surface area contributed by atoms with Crippen LogP contribution in [0.1, 0.15) is 12.1 Å². The zero-order chi connectivity index (χ0) is 18.4. The average Bonchev–Trinajstić information content (AvgIpc) is 3.08. The third-order valence-corrected chi connectivity index (χ3v) is 4.18. The van der Waals surface area contributed by atoms with Crippen LogP contribution in [0.3, 0.4) is 0 Å². The zero-order valence-electron chi connectivity index (χ0n) is 14.2. The van der Waals surface area contributed by atoms with Crippen LogP contribution < -0.4 is 15.5 Å². The Balaban J connectivity index is 1.45. The number of benzene rings is 1. The lowest BCUT2D eigenvalue weighted by atomic mass is 10.1. The normalized spacial score (nSPS) is 16.4. The number of carbonyl (C=O) groups excluding carboxylic acids is 3. The molecule has 2 heterocycles. The second-order valence-electron chi connectivity index (χ2n) is 6.06. The molecule has 26 heavy (non-hydrogen) atoms. The highest BCUT2D eigenvalue weighted by Crippen LogP contribution is 2.24. The van der Waals surface area contributed by atoms with Gasteiger partial charge in [-0.2, -0.15) is 0 Å². The first-order valence-corrected chi connectivity index (χ1v) is 8.43. The van der Waals surface area contributed by atoms with Crippen molar-refractivity contribution in [2.24, 2.45) is 5.92 Å². The number of para-hydroxylation sites is 1. The van der Waals surface area contributed by atoms with Gasteiger partial charge in [0.05, 0.1) is 24.7 Å². The van der Waals surface area contributed by atoms with Crippen molar-refractivity contribution in [1.82, 2.24) is 15.6 Å². The summed E-state index contributed by atoms with van der Waals surface area (Å²) < 4.78 is 0. The van der Waals surface area contributed by atoms with Crippen molar-refractivity contribution in [3.63, 3.8) is 0 Å². The van der Waals surface area contributed by atoms with Crippen LogP contribution in [-0.4, -0.2) is 35.8 Å². The monoisotopic (exact) mass is 352 g/mol. The third kappa shape index (κ3) is 4.44. The predicted octanol–water partition coefficient (Wildman–Crippen LogP) is 0.867. The van der Waals surface area contributed by atoms with Crippen molar-refractivity contribution in [3.8, 4) is 0 Å². The summed E-state index contributed by atoms with van der Waals surface area (Å²) in [4.78, 5) is 42.0. The van der Waals surface area contributed by atoms with Crippen molar-refractivity contribution in [1.29, 1.82) is 0 Å². The van der Waals surface area contributed by atoms with Crippen LogP contribution in [0.5, 0.6) is 0 Å². The van der Waals surface area contributed by atoms with Gasteiger partial charge in [-0.3, -0.25) is 19.4 Å². The summed E-state index contributed by atoms with van der Waals surface area (Å²) in [5.41, 5.74) is 1.52. The smallest absolute Gasteiger partial charge is 0.239 e. The van der Waals surface area contributed by atoms with Crippen molar-refractivity contribution in [2.45, 2.75) is 13.0 Å². The van der Waals surface area contributed by atoms with Crippen molar-refractivity contribution < 1.29 is 14.4 Å². The van der Waals surface area contributed by atoms with Gasteiger partial charge >= 0.3 is 0 Å². The topological polar surface area (TPSA) is 91.4 Å². The molecular formula is C19H20N4O3. The Hall–Kier alpha value is -3.22. The Labute approximate surface area is 151 Å². The molecule has 3 amide bonds. The van der Waals surface area contributed by atoms with Gasteiger partial charge in [-0.05, 0) is 24.3 Å². The van der Waals surface area contributed by atoms with E-state index < -0.39 is 5.92 Å². The van der Waals surface area contributed by atoms with Gasteiger partial charge in [0.25, 0.3) is 0 Å². The van der Waals surface area contributed by atoms with Crippen molar-refractivity contribution >= 4 is 23.4 Å². The second kappa shape index (κ2) is 8.24. The molecule has 1 saturated heterocycles. The van der Waals surface area contributed by atoms with Gasteiger partial charge in [-0.25, -0.2) is 0 Å². The zero-order valence-corrected chi connectivity index (χ0v) is 14.2. The summed E-state index contributed by atoms with van der Waals surface area (Å²) in [5, 5.41) is 5.30. The van der Waals surface area contributed by atoms with Gasteiger partial charge < -0.3 is 15.5 Å². The van der Waals surface area contributed by atoms with E-state index in [9.17, 15) is 14.4 Å². The maximum absolute atomic E-state index is 12.3. The van der Waals surface area contributed by atoms with Crippen molar-refractivity contribution in [3.05, 3.63) is 60.4 Å². The van der Waals surface area contributed by atoms with Gasteiger partial charge in [-0.15, -0.1) is 0 Å². The van der Waals surface area contributed by atoms with E-state index in [2.05, 4.69) is 15.6 Å². The molecule has 1 aliphatic heterocycles. The number of carbonyl (C=O) groups is 3. The number of pyridine rings is 1. The molecule has 1 atom stereocenters. The SMILES string of the molecule is O=C(CNC(=O)C1CC(=O)N(c2ccccc2)C1)NCc1ccccn1. The Kier molecular flexibility index (Phi) is 5.58. The standard InChI is InChI=1S/C19H20N4O3/c24-17(21-11-15-6-4-5-9-20-15)12-22-19(26)14-10-18(25)23(13-14)16-7-2-1-3-8-16/h1-9,14H,10-13H2,(H,21,24)(H,22,26). The number of amides is 3. The Morgan fingerprint density at radius 2 is 1.85 bits per heavy atom. The highest BCUT2D eigenvalue weighted by Gasteiger charge is 2.35. The number of hydrogen-bond acceptors (Lipinski definition) is 4. The van der Waals surface area contributed by atoms with E-state index in [0.29, 0.717) is 13.1 Å². The van der Waals surface area contributed by atoms with E-state index in [-0.39, 0.29) is 30.7 Å². The molecule has 1 aliphatic rings. The predicted molar refractivity (Wildman–Crippen MR) is 96.0 cm³/mol. The number of nitrogens with one attached hydrogen (secondary N) is 2. The molecule has 3 rings (SSSR count). The highest BCUT2D eigenvalue weighted by atomic mass is 16.2. The fourth-order valence-corrected chi connectivity index (χ4v) is 2.81. The van der Waals surface area contributed by atoms with Crippen LogP contribution in [0.15, 0.2) is 54.7 Å². The Morgan fingerprint density at radius 1 is 1.08 bits per heavy atom. The molecule has 2 aromatic rings. The number of anilines is 1. The van der Waals surface area contributed by atoms with E-state index in [0.717, 1.165) is 11.4 Å². The minimum atomic E-state index is -0.453. The summed E-state index contributed by atoms with van der Waals surface area (Å²) in [5.74, 6) is -1.12. The molecule has 134 valence electrons. The van der Waals surface area contributed by atoms with Gasteiger partial charge in [-0.1, -0.05) is 24.3 Å². The first-order chi connectivity index (χ1) is 12.6. The Bertz CT molecular complexity index is 780. The molecule has 0 saturated carbocycles. The first-order valence-electron chi connectivity index (χ1n) is 8.43. The minimum absolute atomic E-state index is 0.0871. The molecule has 2 N–H and O–H groups in total. The lowest BCUT2D eigenvalue weighted by Crippen LogP contribution is -2.40. The number of aromatic nitrogens is 1. The summed E-state index contributed by atoms with van der Waals surface area (Å²) in [7, 11) is 0. The summed E-state index contributed by atoms with van der Waals surface area (Å²) >= 11 is 0. The molecule has 1 aromatic carbocycles. The maximum Gasteiger partial charge on any atom is 0.239 e. The summed E-state index contributed by atoms with van der Waals surface area (Å²) in [6.45, 7) is 0.505. The van der Waals surface area contributed by atoms with Crippen LogP contribution in [-0.2, 0) is 20.9 Å². The largest absolute Gasteiger partial charge is 0.349 e. The second-order valence-corrected chi connectivity index (χ2v) is 6.06. The van der Waals surface area contributed by atoms with Gasteiger partial charge in [0.1, 0.15) is 0 Å². The van der Waals surface area contributed by atoms with Gasteiger partial charge in [0.2, 0.25) is 17.7 Å². The fourth-order valence-electron chi connectivity index (χ4n) is 2.81.